The van der Waals surface area contributed by atoms with Gasteiger partial charge in [-0.3, -0.25) is 4.79 Å². The average molecular weight is 267 g/mol. The Morgan fingerprint density at radius 1 is 1.33 bits per heavy atom. The molecule has 0 amide bonds. The van der Waals surface area contributed by atoms with Gasteiger partial charge >= 0.3 is 0 Å². The molecular weight excluding hydrogens is 244 g/mol. The lowest BCUT2D eigenvalue weighted by molar-refractivity contribution is -0.119. The summed E-state index contributed by atoms with van der Waals surface area (Å²) in [5.74, 6) is 0.886. The first kappa shape index (κ1) is 15.2. The largest absolute Gasteiger partial charge is 0.299 e. The van der Waals surface area contributed by atoms with Gasteiger partial charge in [-0.2, -0.15) is 0 Å². The number of benzene rings is 1. The van der Waals surface area contributed by atoms with Crippen LogP contribution in [0.5, 0.6) is 0 Å². The summed E-state index contributed by atoms with van der Waals surface area (Å²) >= 11 is 5.92. The van der Waals surface area contributed by atoms with Gasteiger partial charge in [0.15, 0.2) is 0 Å². The van der Waals surface area contributed by atoms with Crippen molar-refractivity contribution in [2.75, 3.05) is 0 Å². The van der Waals surface area contributed by atoms with Crippen molar-refractivity contribution in [1.82, 2.24) is 0 Å². The zero-order chi connectivity index (χ0) is 13.4. The summed E-state index contributed by atoms with van der Waals surface area (Å²) in [5.41, 5.74) is 1.03. The Kier molecular flexibility index (Phi) is 7.04. The fourth-order valence-electron chi connectivity index (χ4n) is 2.21. The Morgan fingerprint density at radius 3 is 2.72 bits per heavy atom. The predicted octanol–water partition coefficient (Wildman–Crippen LogP) is 5.06. The molecule has 0 aliphatic carbocycles. The summed E-state index contributed by atoms with van der Waals surface area (Å²) in [7, 11) is 0. The van der Waals surface area contributed by atoms with Gasteiger partial charge in [-0.15, -0.1) is 0 Å². The highest BCUT2D eigenvalue weighted by atomic mass is 35.5. The van der Waals surface area contributed by atoms with Crippen molar-refractivity contribution in [3.05, 3.63) is 34.9 Å². The fraction of sp³-hybridized carbons (Fsp3) is 0.562. The van der Waals surface area contributed by atoms with E-state index in [0.717, 1.165) is 12.0 Å². The normalized spacial score (nSPS) is 12.4. The maximum atomic E-state index is 12.0. The summed E-state index contributed by atoms with van der Waals surface area (Å²) in [6.07, 6.45) is 5.93. The molecule has 0 N–H and O–H groups in total. The van der Waals surface area contributed by atoms with Crippen LogP contribution in [0.25, 0.3) is 0 Å². The molecule has 0 fully saturated rings. The minimum atomic E-state index is 0.334. The van der Waals surface area contributed by atoms with Crippen molar-refractivity contribution in [3.63, 3.8) is 0 Å². The molecule has 0 bridgehead atoms. The second kappa shape index (κ2) is 8.31. The molecule has 0 radical (unpaired) electrons. The summed E-state index contributed by atoms with van der Waals surface area (Å²) in [6, 6.07) is 7.59. The van der Waals surface area contributed by atoms with Crippen LogP contribution in [-0.2, 0) is 11.2 Å². The summed E-state index contributed by atoms with van der Waals surface area (Å²) < 4.78 is 0. The van der Waals surface area contributed by atoms with Crippen molar-refractivity contribution in [1.29, 1.82) is 0 Å². The van der Waals surface area contributed by atoms with Gasteiger partial charge in [0.1, 0.15) is 5.78 Å². The van der Waals surface area contributed by atoms with Gasteiger partial charge in [0.05, 0.1) is 0 Å². The third-order valence-corrected chi connectivity index (χ3v) is 3.59. The lowest BCUT2D eigenvalue weighted by atomic mass is 9.92. The van der Waals surface area contributed by atoms with Gasteiger partial charge < -0.3 is 0 Å². The molecule has 0 aromatic heterocycles. The highest BCUT2D eigenvalue weighted by Gasteiger charge is 2.12. The molecule has 18 heavy (non-hydrogen) atoms. The topological polar surface area (TPSA) is 17.1 Å². The molecule has 1 aromatic carbocycles. The highest BCUT2D eigenvalue weighted by molar-refractivity contribution is 6.30. The highest BCUT2D eigenvalue weighted by Crippen LogP contribution is 2.19. The molecule has 1 rings (SSSR count). The zero-order valence-electron chi connectivity index (χ0n) is 11.4. The quantitative estimate of drug-likeness (QED) is 0.643. The van der Waals surface area contributed by atoms with E-state index < -0.39 is 0 Å². The van der Waals surface area contributed by atoms with Crippen molar-refractivity contribution in [3.8, 4) is 0 Å². The number of carbonyl (C=O) groups excluding carboxylic acids is 1. The van der Waals surface area contributed by atoms with E-state index in [0.29, 0.717) is 29.6 Å². The standard InChI is InChI=1S/C16H23ClO/c1-3-5-7-13(4-2)11-16(18)12-14-8-6-9-15(17)10-14/h6,8-10,13H,3-5,7,11-12H2,1-2H3. The number of hydrogen-bond donors (Lipinski definition) is 0. The first-order valence-electron chi connectivity index (χ1n) is 6.91. The number of Topliss-reactive ketones (excluding diaryl/α,β-unsaturated/α-hetero) is 1. The molecule has 0 spiro atoms. The minimum absolute atomic E-state index is 0.334. The van der Waals surface area contributed by atoms with E-state index in [1.54, 1.807) is 0 Å². The maximum Gasteiger partial charge on any atom is 0.137 e. The van der Waals surface area contributed by atoms with Crippen LogP contribution in [0, 0.1) is 5.92 Å². The van der Waals surface area contributed by atoms with Crippen LogP contribution in [-0.4, -0.2) is 5.78 Å². The molecule has 1 unspecified atom stereocenters. The van der Waals surface area contributed by atoms with Crippen molar-refractivity contribution in [2.24, 2.45) is 5.92 Å². The van der Waals surface area contributed by atoms with Gasteiger partial charge in [0.2, 0.25) is 0 Å². The smallest absolute Gasteiger partial charge is 0.137 e. The SMILES string of the molecule is CCCCC(CC)CC(=O)Cc1cccc(Cl)c1. The fourth-order valence-corrected chi connectivity index (χ4v) is 2.42. The van der Waals surface area contributed by atoms with Crippen molar-refractivity contribution < 1.29 is 4.79 Å². The molecule has 0 saturated heterocycles. The average Bonchev–Trinajstić information content (AvgIpc) is 2.34. The van der Waals surface area contributed by atoms with Gasteiger partial charge in [0.25, 0.3) is 0 Å². The van der Waals surface area contributed by atoms with E-state index >= 15 is 0 Å². The number of carbonyl (C=O) groups is 1. The van der Waals surface area contributed by atoms with Crippen LogP contribution in [0.3, 0.4) is 0 Å². The van der Waals surface area contributed by atoms with E-state index in [1.807, 2.05) is 24.3 Å². The van der Waals surface area contributed by atoms with E-state index in [9.17, 15) is 4.79 Å². The molecule has 100 valence electrons. The monoisotopic (exact) mass is 266 g/mol. The number of hydrogen-bond acceptors (Lipinski definition) is 1. The first-order chi connectivity index (χ1) is 8.65. The van der Waals surface area contributed by atoms with Crippen LogP contribution < -0.4 is 0 Å². The molecule has 0 aliphatic rings. The number of ketones is 1. The Morgan fingerprint density at radius 2 is 2.11 bits per heavy atom. The molecule has 1 nitrogen and oxygen atoms in total. The lowest BCUT2D eigenvalue weighted by Crippen LogP contribution is -2.10. The number of rotatable bonds is 8. The van der Waals surface area contributed by atoms with Gasteiger partial charge in [-0.1, -0.05) is 63.3 Å². The molecule has 0 heterocycles. The van der Waals surface area contributed by atoms with Crippen LogP contribution in [0.1, 0.15) is 51.5 Å². The maximum absolute atomic E-state index is 12.0. The van der Waals surface area contributed by atoms with Crippen LogP contribution in [0.2, 0.25) is 5.02 Å². The van der Waals surface area contributed by atoms with Gasteiger partial charge in [-0.05, 0) is 23.6 Å². The molecule has 0 saturated carbocycles. The van der Waals surface area contributed by atoms with Gasteiger partial charge in [0, 0.05) is 17.9 Å². The predicted molar refractivity (Wildman–Crippen MR) is 78.1 cm³/mol. The third kappa shape index (κ3) is 5.68. The van der Waals surface area contributed by atoms with E-state index in [-0.39, 0.29) is 0 Å². The van der Waals surface area contributed by atoms with Gasteiger partial charge in [-0.25, -0.2) is 0 Å². The van der Waals surface area contributed by atoms with Crippen LogP contribution >= 0.6 is 11.6 Å². The molecule has 0 aliphatic heterocycles. The van der Waals surface area contributed by atoms with Crippen LogP contribution in [0.4, 0.5) is 0 Å². The minimum Gasteiger partial charge on any atom is -0.299 e. The Hall–Kier alpha value is -0.820. The second-order valence-corrected chi connectivity index (χ2v) is 5.40. The van der Waals surface area contributed by atoms with E-state index in [4.69, 9.17) is 11.6 Å². The molecule has 1 aromatic rings. The Bertz CT molecular complexity index is 373. The Balaban J connectivity index is 2.45. The molecule has 2 heteroatoms. The van der Waals surface area contributed by atoms with E-state index in [1.165, 1.54) is 19.3 Å². The zero-order valence-corrected chi connectivity index (χ0v) is 12.2. The Labute approximate surface area is 116 Å². The van der Waals surface area contributed by atoms with Crippen molar-refractivity contribution in [2.45, 2.75) is 52.4 Å². The van der Waals surface area contributed by atoms with E-state index in [2.05, 4.69) is 13.8 Å². The number of unbranched alkanes of at least 4 members (excludes halogenated alkanes) is 1. The second-order valence-electron chi connectivity index (χ2n) is 4.97. The summed E-state index contributed by atoms with van der Waals surface area (Å²) in [5, 5.41) is 0.707. The number of halogens is 1. The summed E-state index contributed by atoms with van der Waals surface area (Å²) in [6.45, 7) is 4.37. The van der Waals surface area contributed by atoms with Crippen LogP contribution in [0.15, 0.2) is 24.3 Å². The summed E-state index contributed by atoms with van der Waals surface area (Å²) in [4.78, 5) is 12.0. The first-order valence-corrected chi connectivity index (χ1v) is 7.29. The lowest BCUT2D eigenvalue weighted by Gasteiger charge is -2.13. The molecule has 1 atom stereocenters. The van der Waals surface area contributed by atoms with Crippen molar-refractivity contribution >= 4 is 17.4 Å². The third-order valence-electron chi connectivity index (χ3n) is 3.35. The molecular formula is C16H23ClO.